The van der Waals surface area contributed by atoms with Crippen LogP contribution in [0.25, 0.3) is 21.3 Å². The highest BCUT2D eigenvalue weighted by Crippen LogP contribution is 2.33. The zero-order valence-electron chi connectivity index (χ0n) is 15.7. The van der Waals surface area contributed by atoms with Gasteiger partial charge < -0.3 is 0 Å². The predicted octanol–water partition coefficient (Wildman–Crippen LogP) is 4.13. The van der Waals surface area contributed by atoms with E-state index in [-0.39, 0.29) is 16.4 Å². The van der Waals surface area contributed by atoms with Crippen LogP contribution in [0, 0.1) is 24.0 Å². The summed E-state index contributed by atoms with van der Waals surface area (Å²) < 4.78 is 1.45. The molecule has 8 nitrogen and oxygen atoms in total. The van der Waals surface area contributed by atoms with Crippen molar-refractivity contribution < 1.29 is 4.92 Å². The van der Waals surface area contributed by atoms with Gasteiger partial charge in [-0.2, -0.15) is 0 Å². The third kappa shape index (κ3) is 3.52. The summed E-state index contributed by atoms with van der Waals surface area (Å²) in [5, 5.41) is 14.0. The van der Waals surface area contributed by atoms with E-state index in [9.17, 15) is 14.9 Å². The van der Waals surface area contributed by atoms with Gasteiger partial charge in [-0.15, -0.1) is 11.3 Å². The minimum Gasteiger partial charge on any atom is -0.290 e. The van der Waals surface area contributed by atoms with Gasteiger partial charge >= 0.3 is 5.69 Å². The molecule has 0 bridgehead atoms. The summed E-state index contributed by atoms with van der Waals surface area (Å²) in [6, 6.07) is 6.13. The summed E-state index contributed by atoms with van der Waals surface area (Å²) in [6.45, 7) is 4.10. The lowest BCUT2D eigenvalue weighted by Crippen LogP contribution is -2.19. The molecule has 0 fully saturated rings. The molecular weight excluding hydrogens is 410 g/mol. The van der Waals surface area contributed by atoms with Gasteiger partial charge in [0.15, 0.2) is 10.3 Å². The van der Waals surface area contributed by atoms with Crippen molar-refractivity contribution in [3.63, 3.8) is 0 Å². The quantitative estimate of drug-likeness (QED) is 0.275. The van der Waals surface area contributed by atoms with E-state index in [1.807, 2.05) is 24.4 Å². The van der Waals surface area contributed by atoms with Gasteiger partial charge in [0.05, 0.1) is 10.3 Å². The van der Waals surface area contributed by atoms with Gasteiger partial charge in [0.1, 0.15) is 17.2 Å². The molecule has 0 aliphatic rings. The van der Waals surface area contributed by atoms with Crippen molar-refractivity contribution in [2.45, 2.75) is 24.2 Å². The first-order chi connectivity index (χ1) is 13.8. The lowest BCUT2D eigenvalue weighted by atomic mass is 10.0. The maximum absolute atomic E-state index is 13.1. The van der Waals surface area contributed by atoms with E-state index in [0.29, 0.717) is 15.4 Å². The van der Waals surface area contributed by atoms with Crippen LogP contribution in [0.15, 0.2) is 51.1 Å². The van der Waals surface area contributed by atoms with Crippen molar-refractivity contribution >= 4 is 39.0 Å². The maximum Gasteiger partial charge on any atom is 0.305 e. The Kier molecular flexibility index (Phi) is 4.89. The number of hydrogen-bond donors (Lipinski definition) is 0. The summed E-state index contributed by atoms with van der Waals surface area (Å²) in [7, 11) is 1.64. The van der Waals surface area contributed by atoms with Crippen molar-refractivity contribution in [1.82, 2.24) is 19.5 Å². The van der Waals surface area contributed by atoms with E-state index in [0.717, 1.165) is 40.8 Å². The number of fused-ring (bicyclic) bond motifs is 1. The second-order valence-electron chi connectivity index (χ2n) is 6.47. The van der Waals surface area contributed by atoms with Crippen LogP contribution in [-0.4, -0.2) is 24.4 Å². The van der Waals surface area contributed by atoms with Gasteiger partial charge in [-0.1, -0.05) is 18.2 Å². The molecule has 0 N–H and O–H groups in total. The zero-order chi connectivity index (χ0) is 20.7. The Hall–Kier alpha value is -3.11. The molecule has 0 aliphatic carbocycles. The average molecular weight is 425 g/mol. The minimum absolute atomic E-state index is 0.158. The fourth-order valence-electron chi connectivity index (χ4n) is 2.80. The average Bonchev–Trinajstić information content (AvgIpc) is 3.12. The molecule has 0 atom stereocenters. The van der Waals surface area contributed by atoms with Crippen LogP contribution in [0.5, 0.6) is 0 Å². The minimum atomic E-state index is -0.561. The summed E-state index contributed by atoms with van der Waals surface area (Å²) >= 11 is 2.49. The number of hydrogen-bond acceptors (Lipinski definition) is 8. The van der Waals surface area contributed by atoms with Crippen LogP contribution in [0.3, 0.4) is 0 Å². The van der Waals surface area contributed by atoms with E-state index in [1.165, 1.54) is 21.5 Å². The SMILES string of the molecule is Cc1ccc(-c2csc3nc(Sc4ncc([N+](=O)[O-])cn4)n(C)c(=O)c23)cc1C. The standard InChI is InChI=1S/C19H15N5O3S2/c1-10-4-5-12(6-11(10)2)14-9-28-16-15(14)17(25)23(3)19(22-16)29-18-20-7-13(8-21-18)24(26)27/h4-9H,1-3H3. The van der Waals surface area contributed by atoms with E-state index < -0.39 is 4.92 Å². The molecule has 10 heteroatoms. The first-order valence-electron chi connectivity index (χ1n) is 8.55. The van der Waals surface area contributed by atoms with Crippen LogP contribution in [-0.2, 0) is 7.05 Å². The summed E-state index contributed by atoms with van der Waals surface area (Å²) in [4.78, 5) is 36.4. The van der Waals surface area contributed by atoms with Crippen molar-refractivity contribution in [1.29, 1.82) is 0 Å². The molecule has 0 aliphatic heterocycles. The van der Waals surface area contributed by atoms with Gasteiger partial charge in [0.25, 0.3) is 5.56 Å². The molecule has 0 radical (unpaired) electrons. The second kappa shape index (κ2) is 7.37. The molecule has 0 amide bonds. The Bertz CT molecular complexity index is 1310. The van der Waals surface area contributed by atoms with Gasteiger partial charge in [-0.25, -0.2) is 15.0 Å². The van der Waals surface area contributed by atoms with E-state index in [4.69, 9.17) is 0 Å². The Balaban J connectivity index is 1.77. The van der Waals surface area contributed by atoms with Crippen molar-refractivity contribution in [2.75, 3.05) is 0 Å². The van der Waals surface area contributed by atoms with Crippen LogP contribution >= 0.6 is 23.1 Å². The van der Waals surface area contributed by atoms with Crippen LogP contribution in [0.4, 0.5) is 5.69 Å². The van der Waals surface area contributed by atoms with Gasteiger partial charge in [0.2, 0.25) is 0 Å². The van der Waals surface area contributed by atoms with E-state index in [1.54, 1.807) is 7.05 Å². The third-order valence-electron chi connectivity index (χ3n) is 4.60. The number of benzene rings is 1. The highest BCUT2D eigenvalue weighted by Gasteiger charge is 2.17. The van der Waals surface area contributed by atoms with Crippen molar-refractivity contribution in [3.8, 4) is 11.1 Å². The van der Waals surface area contributed by atoms with Crippen LogP contribution < -0.4 is 5.56 Å². The van der Waals surface area contributed by atoms with Gasteiger partial charge in [0, 0.05) is 18.0 Å². The molecule has 0 saturated heterocycles. The molecule has 0 spiro atoms. The van der Waals surface area contributed by atoms with Crippen molar-refractivity contribution in [2.24, 2.45) is 7.05 Å². The zero-order valence-corrected chi connectivity index (χ0v) is 17.4. The molecule has 4 aromatic rings. The lowest BCUT2D eigenvalue weighted by molar-refractivity contribution is -0.385. The number of aromatic nitrogens is 4. The predicted molar refractivity (Wildman–Crippen MR) is 113 cm³/mol. The molecule has 146 valence electrons. The Morgan fingerprint density at radius 3 is 2.55 bits per heavy atom. The largest absolute Gasteiger partial charge is 0.305 e. The van der Waals surface area contributed by atoms with E-state index in [2.05, 4.69) is 27.9 Å². The highest BCUT2D eigenvalue weighted by atomic mass is 32.2. The highest BCUT2D eigenvalue weighted by molar-refractivity contribution is 7.99. The molecule has 29 heavy (non-hydrogen) atoms. The van der Waals surface area contributed by atoms with Crippen LogP contribution in [0.2, 0.25) is 0 Å². The lowest BCUT2D eigenvalue weighted by Gasteiger charge is -2.08. The molecule has 0 saturated carbocycles. The molecule has 1 aromatic carbocycles. The van der Waals surface area contributed by atoms with Crippen molar-refractivity contribution in [3.05, 3.63) is 67.6 Å². The molecule has 4 rings (SSSR count). The topological polar surface area (TPSA) is 104 Å². The van der Waals surface area contributed by atoms with E-state index >= 15 is 0 Å². The normalized spacial score (nSPS) is 11.1. The number of thiophene rings is 1. The third-order valence-corrected chi connectivity index (χ3v) is 6.41. The van der Waals surface area contributed by atoms with Gasteiger partial charge in [-0.05, 0) is 42.3 Å². The summed E-state index contributed by atoms with van der Waals surface area (Å²) in [6.07, 6.45) is 2.27. The van der Waals surface area contributed by atoms with Crippen LogP contribution in [0.1, 0.15) is 11.1 Å². The monoisotopic (exact) mass is 425 g/mol. The number of rotatable bonds is 4. The Labute approximate surface area is 173 Å². The first kappa shape index (κ1) is 19.2. The fourth-order valence-corrected chi connectivity index (χ4v) is 4.53. The molecule has 3 heterocycles. The van der Waals surface area contributed by atoms with Gasteiger partial charge in [-0.3, -0.25) is 19.5 Å². The Morgan fingerprint density at radius 2 is 1.90 bits per heavy atom. The molecule has 0 unspecified atom stereocenters. The summed E-state index contributed by atoms with van der Waals surface area (Å²) in [5.41, 5.74) is 3.86. The Morgan fingerprint density at radius 1 is 1.17 bits per heavy atom. The fraction of sp³-hybridized carbons (Fsp3) is 0.158. The smallest absolute Gasteiger partial charge is 0.290 e. The number of nitro groups is 1. The first-order valence-corrected chi connectivity index (χ1v) is 10.2. The number of aryl methyl sites for hydroxylation is 2. The molecule has 3 aromatic heterocycles. The number of nitrogens with zero attached hydrogens (tertiary/aromatic N) is 5. The maximum atomic E-state index is 13.1. The molecular formula is C19H15N5O3S2. The second-order valence-corrected chi connectivity index (χ2v) is 8.26. The summed E-state index contributed by atoms with van der Waals surface area (Å²) in [5.74, 6) is 0.